The standard InChI is InChI=1S/C20H17NO4S/c22-18-12-15-11-17(26(24)16-9-5-2-6-10-16)19(21(15)18)20(23)25-13-14-7-3-1-4-8-14/h1-10,15H,11-13H2. The monoisotopic (exact) mass is 367 g/mol. The van der Waals surface area contributed by atoms with Crippen molar-refractivity contribution >= 4 is 23.1 Å². The third-order valence-corrected chi connectivity index (χ3v) is 6.07. The van der Waals surface area contributed by atoms with Gasteiger partial charge in [-0.05, 0) is 17.7 Å². The molecule has 2 aliphatic rings. The molecule has 26 heavy (non-hydrogen) atoms. The van der Waals surface area contributed by atoms with Crippen molar-refractivity contribution in [3.63, 3.8) is 0 Å². The molecule has 2 unspecified atom stereocenters. The molecule has 5 nitrogen and oxygen atoms in total. The third kappa shape index (κ3) is 3.02. The zero-order chi connectivity index (χ0) is 18.1. The summed E-state index contributed by atoms with van der Waals surface area (Å²) in [5.41, 5.74) is 1.01. The van der Waals surface area contributed by atoms with Crippen molar-refractivity contribution in [2.75, 3.05) is 0 Å². The summed E-state index contributed by atoms with van der Waals surface area (Å²) >= 11 is -1.49. The summed E-state index contributed by atoms with van der Waals surface area (Å²) in [5, 5.41) is 0. The molecular weight excluding hydrogens is 350 g/mol. The van der Waals surface area contributed by atoms with Crippen molar-refractivity contribution in [3.8, 4) is 0 Å². The highest BCUT2D eigenvalue weighted by molar-refractivity contribution is 7.95. The van der Waals surface area contributed by atoms with Gasteiger partial charge < -0.3 is 9.29 Å². The lowest BCUT2D eigenvalue weighted by atomic mass is 10.0. The highest BCUT2D eigenvalue weighted by Gasteiger charge is 2.52. The molecule has 1 amide bonds. The fraction of sp³-hybridized carbons (Fsp3) is 0.200. The second-order valence-electron chi connectivity index (χ2n) is 6.24. The van der Waals surface area contributed by atoms with Crippen LogP contribution in [0, 0.1) is 0 Å². The number of carbonyl (C=O) groups is 2. The summed E-state index contributed by atoms with van der Waals surface area (Å²) in [6, 6.07) is 18.2. The number of nitrogens with zero attached hydrogens (tertiary/aromatic N) is 1. The van der Waals surface area contributed by atoms with E-state index in [0.717, 1.165) is 5.56 Å². The molecule has 0 radical (unpaired) electrons. The molecule has 132 valence electrons. The van der Waals surface area contributed by atoms with E-state index in [4.69, 9.17) is 4.74 Å². The predicted octanol–water partition coefficient (Wildman–Crippen LogP) is 2.75. The SMILES string of the molecule is O=C(OCc1ccccc1)C1=C([S+]([O-])c2ccccc2)CC2CC(=O)N12. The Hall–Kier alpha value is -2.57. The molecule has 2 aromatic carbocycles. The molecule has 0 aromatic heterocycles. The van der Waals surface area contributed by atoms with Crippen LogP contribution < -0.4 is 0 Å². The zero-order valence-corrected chi connectivity index (χ0v) is 14.8. The van der Waals surface area contributed by atoms with Crippen LogP contribution in [0.15, 0.2) is 76.2 Å². The second-order valence-corrected chi connectivity index (χ2v) is 7.74. The number of benzene rings is 2. The fourth-order valence-electron chi connectivity index (χ4n) is 3.25. The Balaban J connectivity index is 1.60. The van der Waals surface area contributed by atoms with Gasteiger partial charge in [0.1, 0.15) is 6.61 Å². The van der Waals surface area contributed by atoms with Crippen molar-refractivity contribution in [2.45, 2.75) is 30.4 Å². The topological polar surface area (TPSA) is 69.7 Å². The summed E-state index contributed by atoms with van der Waals surface area (Å²) in [5.74, 6) is -0.717. The first-order valence-electron chi connectivity index (χ1n) is 8.38. The molecule has 0 aliphatic carbocycles. The number of fused-ring (bicyclic) bond motifs is 1. The van der Waals surface area contributed by atoms with Gasteiger partial charge >= 0.3 is 5.97 Å². The summed E-state index contributed by atoms with van der Waals surface area (Å²) in [7, 11) is 0. The van der Waals surface area contributed by atoms with Crippen molar-refractivity contribution in [3.05, 3.63) is 76.8 Å². The van der Waals surface area contributed by atoms with Crippen molar-refractivity contribution < 1.29 is 18.9 Å². The number of β-lactam (4-membered cyclic amide) rings is 1. The average Bonchev–Trinajstić information content (AvgIpc) is 3.00. The van der Waals surface area contributed by atoms with Gasteiger partial charge in [0.25, 0.3) is 0 Å². The smallest absolute Gasteiger partial charge is 0.360 e. The molecule has 0 N–H and O–H groups in total. The maximum Gasteiger partial charge on any atom is 0.360 e. The molecule has 6 heteroatoms. The Kier molecular flexibility index (Phi) is 4.53. The number of carbonyl (C=O) groups excluding carboxylic acids is 2. The summed E-state index contributed by atoms with van der Waals surface area (Å²) in [4.78, 5) is 27.2. The van der Waals surface area contributed by atoms with Gasteiger partial charge in [-0.25, -0.2) is 4.79 Å². The highest BCUT2D eigenvalue weighted by Crippen LogP contribution is 2.42. The van der Waals surface area contributed by atoms with Gasteiger partial charge in [-0.15, -0.1) is 0 Å². The van der Waals surface area contributed by atoms with Crippen LogP contribution in [0.4, 0.5) is 0 Å². The Morgan fingerprint density at radius 2 is 1.73 bits per heavy atom. The van der Waals surface area contributed by atoms with Crippen LogP contribution in [0.2, 0.25) is 0 Å². The van der Waals surface area contributed by atoms with Gasteiger partial charge in [0.05, 0.1) is 6.04 Å². The first kappa shape index (κ1) is 16.9. The van der Waals surface area contributed by atoms with Crippen molar-refractivity contribution in [2.24, 2.45) is 0 Å². The van der Waals surface area contributed by atoms with E-state index in [-0.39, 0.29) is 24.3 Å². The summed E-state index contributed by atoms with van der Waals surface area (Å²) < 4.78 is 18.4. The van der Waals surface area contributed by atoms with Gasteiger partial charge in [0.15, 0.2) is 15.5 Å². The Morgan fingerprint density at radius 3 is 2.38 bits per heavy atom. The zero-order valence-electron chi connectivity index (χ0n) is 14.0. The van der Waals surface area contributed by atoms with E-state index in [1.165, 1.54) is 4.90 Å². The molecule has 2 aromatic rings. The third-order valence-electron chi connectivity index (χ3n) is 4.56. The number of hydrogen-bond acceptors (Lipinski definition) is 4. The normalized spacial score (nSPS) is 19.8. The fourth-order valence-corrected chi connectivity index (χ4v) is 4.64. The van der Waals surface area contributed by atoms with Gasteiger partial charge in [-0.1, -0.05) is 48.5 Å². The minimum absolute atomic E-state index is 0.0792. The largest absolute Gasteiger partial charge is 0.607 e. The molecule has 2 atom stereocenters. The first-order valence-corrected chi connectivity index (χ1v) is 9.53. The van der Waals surface area contributed by atoms with Gasteiger partial charge in [0, 0.05) is 24.0 Å². The van der Waals surface area contributed by atoms with E-state index in [1.54, 1.807) is 24.3 Å². The molecule has 1 saturated heterocycles. The number of esters is 1. The van der Waals surface area contributed by atoms with Crippen LogP contribution in [0.25, 0.3) is 0 Å². The summed E-state index contributed by atoms with van der Waals surface area (Å²) in [6.45, 7) is 0.112. The van der Waals surface area contributed by atoms with Crippen LogP contribution in [0.3, 0.4) is 0 Å². The second kappa shape index (κ2) is 6.97. The van der Waals surface area contributed by atoms with Gasteiger partial charge in [0.2, 0.25) is 5.91 Å². The molecular formula is C20H17NO4S. The Morgan fingerprint density at radius 1 is 1.08 bits per heavy atom. The van der Waals surface area contributed by atoms with E-state index < -0.39 is 17.1 Å². The molecule has 2 aliphatic heterocycles. The summed E-state index contributed by atoms with van der Waals surface area (Å²) in [6.07, 6.45) is 0.827. The molecule has 0 bridgehead atoms. The lowest BCUT2D eigenvalue weighted by molar-refractivity contribution is -0.150. The van der Waals surface area contributed by atoms with Gasteiger partial charge in [-0.3, -0.25) is 9.69 Å². The van der Waals surface area contributed by atoms with Crippen LogP contribution in [0.5, 0.6) is 0 Å². The van der Waals surface area contributed by atoms with E-state index in [2.05, 4.69) is 0 Å². The quantitative estimate of drug-likeness (QED) is 0.463. The predicted molar refractivity (Wildman–Crippen MR) is 96.0 cm³/mol. The van der Waals surface area contributed by atoms with Crippen LogP contribution in [0.1, 0.15) is 18.4 Å². The highest BCUT2D eigenvalue weighted by atomic mass is 32.2. The molecule has 4 rings (SSSR count). The molecule has 0 saturated carbocycles. The molecule has 0 spiro atoms. The van der Waals surface area contributed by atoms with Gasteiger partial charge in [-0.2, -0.15) is 0 Å². The number of ether oxygens (including phenoxy) is 1. The van der Waals surface area contributed by atoms with E-state index in [1.807, 2.05) is 36.4 Å². The van der Waals surface area contributed by atoms with Crippen LogP contribution >= 0.6 is 0 Å². The van der Waals surface area contributed by atoms with Crippen LogP contribution in [-0.2, 0) is 32.1 Å². The van der Waals surface area contributed by atoms with E-state index in [9.17, 15) is 14.1 Å². The van der Waals surface area contributed by atoms with Crippen LogP contribution in [-0.4, -0.2) is 27.4 Å². The average molecular weight is 367 g/mol. The number of amides is 1. The lowest BCUT2D eigenvalue weighted by Gasteiger charge is -2.34. The number of hydrogen-bond donors (Lipinski definition) is 0. The minimum atomic E-state index is -1.49. The minimum Gasteiger partial charge on any atom is -0.607 e. The first-order chi connectivity index (χ1) is 12.6. The maximum absolute atomic E-state index is 13.0. The molecule has 2 heterocycles. The number of rotatable bonds is 5. The Labute approximate surface area is 154 Å². The van der Waals surface area contributed by atoms with Crippen molar-refractivity contribution in [1.29, 1.82) is 0 Å². The van der Waals surface area contributed by atoms with E-state index >= 15 is 0 Å². The van der Waals surface area contributed by atoms with Crippen molar-refractivity contribution in [1.82, 2.24) is 4.90 Å². The van der Waals surface area contributed by atoms with E-state index in [0.29, 0.717) is 22.6 Å². The lowest BCUT2D eigenvalue weighted by Crippen LogP contribution is -2.49. The maximum atomic E-state index is 13.0. The Bertz CT molecular complexity index is 866. The molecule has 1 fully saturated rings.